The molecule has 0 aliphatic carbocycles. The van der Waals surface area contributed by atoms with Crippen LogP contribution in [0.5, 0.6) is 0 Å². The first kappa shape index (κ1) is 19.7. The van der Waals surface area contributed by atoms with Crippen LogP contribution in [0.3, 0.4) is 0 Å². The molecule has 3 aromatic rings. The summed E-state index contributed by atoms with van der Waals surface area (Å²) in [5.74, 6) is -1.06. The van der Waals surface area contributed by atoms with Gasteiger partial charge in [-0.05, 0) is 31.9 Å². The SMILES string of the molecule is Cc1ccc(-n2nc(-c3noc(C(=O)NC[C@H]4CCCO4)n3)c(=O)n(C)c2=O)cc1. The van der Waals surface area contributed by atoms with Gasteiger partial charge in [-0.15, -0.1) is 0 Å². The number of carbonyl (C=O) groups excluding carboxylic acids is 1. The lowest BCUT2D eigenvalue weighted by molar-refractivity contribution is 0.0822. The largest absolute Gasteiger partial charge is 0.376 e. The Labute approximate surface area is 170 Å². The molecule has 11 nitrogen and oxygen atoms in total. The molecule has 1 aliphatic heterocycles. The summed E-state index contributed by atoms with van der Waals surface area (Å²) in [6.45, 7) is 2.92. The van der Waals surface area contributed by atoms with Crippen molar-refractivity contribution < 1.29 is 14.1 Å². The molecule has 2 aromatic heterocycles. The third-order valence-electron chi connectivity index (χ3n) is 4.80. The Morgan fingerprint density at radius 1 is 1.27 bits per heavy atom. The molecule has 0 saturated carbocycles. The van der Waals surface area contributed by atoms with Crippen molar-refractivity contribution in [2.75, 3.05) is 13.2 Å². The standard InChI is InChI=1S/C19H20N6O5/c1-11-5-7-12(8-6-11)25-19(28)24(2)18(27)14(22-25)15-21-17(30-23-15)16(26)20-10-13-4-3-9-29-13/h5-8,13H,3-4,9-10H2,1-2H3,(H,20,26)/t13-/m1/s1. The molecule has 0 unspecified atom stereocenters. The number of aryl methyl sites for hydroxylation is 1. The van der Waals surface area contributed by atoms with E-state index in [0.717, 1.165) is 27.7 Å². The van der Waals surface area contributed by atoms with Crippen LogP contribution in [-0.4, -0.2) is 49.7 Å². The third kappa shape index (κ3) is 3.79. The van der Waals surface area contributed by atoms with E-state index < -0.39 is 17.2 Å². The van der Waals surface area contributed by atoms with Crippen LogP contribution in [0, 0.1) is 6.92 Å². The van der Waals surface area contributed by atoms with Gasteiger partial charge < -0.3 is 14.6 Å². The molecule has 0 bridgehead atoms. The maximum absolute atomic E-state index is 12.6. The van der Waals surface area contributed by atoms with Crippen LogP contribution in [0.15, 0.2) is 38.4 Å². The van der Waals surface area contributed by atoms with Crippen LogP contribution in [-0.2, 0) is 11.8 Å². The minimum absolute atomic E-state index is 0.0385. The van der Waals surface area contributed by atoms with Gasteiger partial charge in [0.15, 0.2) is 5.69 Å². The fourth-order valence-electron chi connectivity index (χ4n) is 3.07. The molecule has 1 saturated heterocycles. The first-order valence-corrected chi connectivity index (χ1v) is 9.45. The fourth-order valence-corrected chi connectivity index (χ4v) is 3.07. The molecule has 1 fully saturated rings. The van der Waals surface area contributed by atoms with E-state index in [2.05, 4.69) is 20.6 Å². The number of carbonyl (C=O) groups is 1. The molecule has 3 heterocycles. The van der Waals surface area contributed by atoms with E-state index in [1.165, 1.54) is 7.05 Å². The zero-order valence-corrected chi connectivity index (χ0v) is 16.5. The van der Waals surface area contributed by atoms with Crippen molar-refractivity contribution in [3.8, 4) is 17.2 Å². The average molecular weight is 412 g/mol. The van der Waals surface area contributed by atoms with Crippen LogP contribution in [0.2, 0.25) is 0 Å². The van der Waals surface area contributed by atoms with E-state index in [4.69, 9.17) is 9.26 Å². The number of ether oxygens (including phenoxy) is 1. The van der Waals surface area contributed by atoms with Crippen LogP contribution < -0.4 is 16.6 Å². The number of aromatic nitrogens is 5. The second-order valence-corrected chi connectivity index (χ2v) is 7.01. The molecule has 1 aliphatic rings. The van der Waals surface area contributed by atoms with Gasteiger partial charge in [0.05, 0.1) is 11.8 Å². The lowest BCUT2D eigenvalue weighted by atomic mass is 10.2. The summed E-state index contributed by atoms with van der Waals surface area (Å²) in [6.07, 6.45) is 1.79. The Bertz CT molecular complexity index is 1190. The van der Waals surface area contributed by atoms with Gasteiger partial charge in [-0.25, -0.2) is 4.79 Å². The summed E-state index contributed by atoms with van der Waals surface area (Å²) in [6, 6.07) is 7.05. The predicted octanol–water partition coefficient (Wildman–Crippen LogP) is 0.198. The second-order valence-electron chi connectivity index (χ2n) is 7.01. The minimum Gasteiger partial charge on any atom is -0.376 e. The van der Waals surface area contributed by atoms with E-state index >= 15 is 0 Å². The summed E-state index contributed by atoms with van der Waals surface area (Å²) in [4.78, 5) is 41.3. The van der Waals surface area contributed by atoms with Gasteiger partial charge in [-0.3, -0.25) is 14.2 Å². The summed E-state index contributed by atoms with van der Waals surface area (Å²) >= 11 is 0. The van der Waals surface area contributed by atoms with Crippen LogP contribution in [0.1, 0.15) is 29.1 Å². The molecule has 30 heavy (non-hydrogen) atoms. The Morgan fingerprint density at radius 3 is 2.73 bits per heavy atom. The van der Waals surface area contributed by atoms with Gasteiger partial charge in [-0.2, -0.15) is 14.8 Å². The lowest BCUT2D eigenvalue weighted by Gasteiger charge is -2.08. The Kier molecular flexibility index (Phi) is 5.27. The van der Waals surface area contributed by atoms with Crippen molar-refractivity contribution in [1.82, 2.24) is 29.8 Å². The fraction of sp³-hybridized carbons (Fsp3) is 0.368. The van der Waals surface area contributed by atoms with Crippen molar-refractivity contribution in [2.24, 2.45) is 7.05 Å². The Morgan fingerprint density at radius 2 is 2.03 bits per heavy atom. The molecule has 1 atom stereocenters. The van der Waals surface area contributed by atoms with Gasteiger partial charge in [0.25, 0.3) is 5.56 Å². The van der Waals surface area contributed by atoms with Gasteiger partial charge in [0.1, 0.15) is 0 Å². The molecule has 0 radical (unpaired) electrons. The van der Waals surface area contributed by atoms with Crippen molar-refractivity contribution >= 4 is 5.91 Å². The number of benzene rings is 1. The van der Waals surface area contributed by atoms with Gasteiger partial charge in [0.2, 0.25) is 5.82 Å². The Balaban J connectivity index is 1.64. The van der Waals surface area contributed by atoms with E-state index in [-0.39, 0.29) is 23.5 Å². The minimum atomic E-state index is -0.699. The smallest absolute Gasteiger partial charge is 0.351 e. The van der Waals surface area contributed by atoms with Crippen molar-refractivity contribution in [3.63, 3.8) is 0 Å². The van der Waals surface area contributed by atoms with Crippen LogP contribution in [0.4, 0.5) is 0 Å². The molecule has 11 heteroatoms. The van der Waals surface area contributed by atoms with E-state index in [1.807, 2.05) is 19.1 Å². The van der Waals surface area contributed by atoms with Gasteiger partial charge in [-0.1, -0.05) is 22.9 Å². The summed E-state index contributed by atoms with van der Waals surface area (Å²) in [5.41, 5.74) is -0.0464. The zero-order valence-electron chi connectivity index (χ0n) is 16.5. The number of hydrogen-bond acceptors (Lipinski definition) is 8. The molecule has 1 amide bonds. The number of rotatable bonds is 5. The second kappa shape index (κ2) is 8.03. The normalized spacial score (nSPS) is 16.0. The molecule has 1 aromatic carbocycles. The molecule has 4 rings (SSSR count). The van der Waals surface area contributed by atoms with Crippen LogP contribution >= 0.6 is 0 Å². The first-order chi connectivity index (χ1) is 14.4. The summed E-state index contributed by atoms with van der Waals surface area (Å²) in [7, 11) is 1.33. The highest BCUT2D eigenvalue weighted by Crippen LogP contribution is 2.12. The van der Waals surface area contributed by atoms with Crippen molar-refractivity contribution in [3.05, 3.63) is 56.6 Å². The molecular formula is C19H20N6O5. The molecular weight excluding hydrogens is 392 g/mol. The van der Waals surface area contributed by atoms with Gasteiger partial charge in [0, 0.05) is 20.2 Å². The maximum atomic E-state index is 12.6. The molecule has 1 N–H and O–H groups in total. The van der Waals surface area contributed by atoms with Crippen molar-refractivity contribution in [1.29, 1.82) is 0 Å². The number of hydrogen-bond donors (Lipinski definition) is 1. The molecule has 156 valence electrons. The van der Waals surface area contributed by atoms with Crippen LogP contribution in [0.25, 0.3) is 17.2 Å². The zero-order chi connectivity index (χ0) is 21.3. The van der Waals surface area contributed by atoms with Gasteiger partial charge >= 0.3 is 17.5 Å². The number of nitrogens with zero attached hydrogens (tertiary/aromatic N) is 5. The van der Waals surface area contributed by atoms with E-state index in [9.17, 15) is 14.4 Å². The first-order valence-electron chi connectivity index (χ1n) is 9.45. The molecule has 0 spiro atoms. The number of nitrogens with one attached hydrogen (secondary N) is 1. The maximum Gasteiger partial charge on any atom is 0.351 e. The summed E-state index contributed by atoms with van der Waals surface area (Å²) < 4.78 is 12.4. The quantitative estimate of drug-likeness (QED) is 0.628. The highest BCUT2D eigenvalue weighted by atomic mass is 16.5. The third-order valence-corrected chi connectivity index (χ3v) is 4.80. The van der Waals surface area contributed by atoms with Crippen molar-refractivity contribution in [2.45, 2.75) is 25.9 Å². The predicted molar refractivity (Wildman–Crippen MR) is 104 cm³/mol. The average Bonchev–Trinajstić information content (AvgIpc) is 3.44. The van der Waals surface area contributed by atoms with E-state index in [0.29, 0.717) is 18.8 Å². The number of amides is 1. The topological polar surface area (TPSA) is 134 Å². The monoisotopic (exact) mass is 412 g/mol. The highest BCUT2D eigenvalue weighted by molar-refractivity contribution is 5.89. The lowest BCUT2D eigenvalue weighted by Crippen LogP contribution is -2.40. The summed E-state index contributed by atoms with van der Waals surface area (Å²) in [5, 5.41) is 10.5. The highest BCUT2D eigenvalue weighted by Gasteiger charge is 2.23. The van der Waals surface area contributed by atoms with E-state index in [1.54, 1.807) is 12.1 Å². The Hall–Kier alpha value is -3.60.